The van der Waals surface area contributed by atoms with Crippen molar-refractivity contribution < 1.29 is 23.0 Å². The highest BCUT2D eigenvalue weighted by Gasteiger charge is 2.25. The number of benzene rings is 1. The SMILES string of the molecule is CNC(=O)c1cc(F)c(F)c(-c2cnn3cc(-c4cnn(C5CCN(C)CC5)c4)c(OC4CCOC4)nc23)c1. The summed E-state index contributed by atoms with van der Waals surface area (Å²) in [5.74, 6) is -2.43. The molecular formula is C27H29F2N7O3. The number of carbonyl (C=O) groups excluding carboxylic acids is 1. The molecule has 204 valence electrons. The number of amides is 1. The van der Waals surface area contributed by atoms with Gasteiger partial charge < -0.3 is 19.7 Å². The van der Waals surface area contributed by atoms with E-state index in [-0.39, 0.29) is 28.4 Å². The van der Waals surface area contributed by atoms with Gasteiger partial charge in [-0.05, 0) is 45.1 Å². The number of likely N-dealkylation sites (tertiary alicyclic amines) is 1. The highest BCUT2D eigenvalue weighted by Crippen LogP contribution is 2.35. The third kappa shape index (κ3) is 4.85. The average molecular weight is 538 g/mol. The number of nitrogens with zero attached hydrogens (tertiary/aromatic N) is 6. The Bertz CT molecular complexity index is 1520. The van der Waals surface area contributed by atoms with Crippen molar-refractivity contribution in [3.05, 3.63) is 54.1 Å². The van der Waals surface area contributed by atoms with Crippen LogP contribution in [0.2, 0.25) is 0 Å². The van der Waals surface area contributed by atoms with E-state index in [4.69, 9.17) is 14.5 Å². The van der Waals surface area contributed by atoms with Gasteiger partial charge in [-0.15, -0.1) is 0 Å². The van der Waals surface area contributed by atoms with Crippen LogP contribution in [0.3, 0.4) is 0 Å². The number of piperidine rings is 1. The molecular weight excluding hydrogens is 508 g/mol. The molecule has 12 heteroatoms. The van der Waals surface area contributed by atoms with Gasteiger partial charge in [-0.2, -0.15) is 15.2 Å². The van der Waals surface area contributed by atoms with Crippen molar-refractivity contribution in [2.75, 3.05) is 40.4 Å². The lowest BCUT2D eigenvalue weighted by Gasteiger charge is -2.28. The Morgan fingerprint density at radius 2 is 1.90 bits per heavy atom. The van der Waals surface area contributed by atoms with E-state index >= 15 is 0 Å². The summed E-state index contributed by atoms with van der Waals surface area (Å²) in [6, 6.07) is 2.47. The van der Waals surface area contributed by atoms with Crippen LogP contribution in [0, 0.1) is 11.6 Å². The number of fused-ring (bicyclic) bond motifs is 1. The molecule has 0 aliphatic carbocycles. The van der Waals surface area contributed by atoms with Gasteiger partial charge in [0.2, 0.25) is 5.88 Å². The molecule has 2 fully saturated rings. The molecule has 3 aromatic heterocycles. The highest BCUT2D eigenvalue weighted by atomic mass is 19.2. The van der Waals surface area contributed by atoms with Crippen LogP contribution in [0.4, 0.5) is 8.78 Å². The average Bonchev–Trinajstić information content (AvgIpc) is 3.71. The van der Waals surface area contributed by atoms with Crippen LogP contribution >= 0.6 is 0 Å². The van der Waals surface area contributed by atoms with Crippen molar-refractivity contribution in [3.8, 4) is 28.1 Å². The number of ether oxygens (including phenoxy) is 2. The highest BCUT2D eigenvalue weighted by molar-refractivity contribution is 5.96. The Labute approximate surface area is 223 Å². The van der Waals surface area contributed by atoms with E-state index in [1.165, 1.54) is 23.8 Å². The van der Waals surface area contributed by atoms with Crippen LogP contribution in [0.5, 0.6) is 5.88 Å². The van der Waals surface area contributed by atoms with E-state index in [1.54, 1.807) is 12.4 Å². The van der Waals surface area contributed by atoms with Gasteiger partial charge in [0.1, 0.15) is 6.10 Å². The van der Waals surface area contributed by atoms with Crippen LogP contribution in [-0.4, -0.2) is 81.7 Å². The predicted octanol–water partition coefficient (Wildman–Crippen LogP) is 3.33. The fourth-order valence-corrected chi connectivity index (χ4v) is 5.13. The first-order valence-corrected chi connectivity index (χ1v) is 13.0. The first-order chi connectivity index (χ1) is 18.9. The molecule has 1 atom stereocenters. The standard InChI is InChI=1S/C27H29F2N7O3/c1-30-26(37)16-9-20(24(29)23(28)10-16)21-12-32-36-14-22(27(33-25(21)36)39-19-5-8-38-15-19)17-11-31-35(13-17)18-3-6-34(2)7-4-18/h9-14,18-19H,3-8,15H2,1-2H3,(H,30,37). The number of carbonyl (C=O) groups is 1. The minimum absolute atomic E-state index is 0.0109. The molecule has 0 saturated carbocycles. The maximum atomic E-state index is 15.0. The van der Waals surface area contributed by atoms with Gasteiger partial charge in [-0.25, -0.2) is 13.3 Å². The zero-order valence-electron chi connectivity index (χ0n) is 21.7. The zero-order chi connectivity index (χ0) is 27.1. The first-order valence-electron chi connectivity index (χ1n) is 13.0. The van der Waals surface area contributed by atoms with E-state index < -0.39 is 17.5 Å². The molecule has 2 saturated heterocycles. The lowest BCUT2D eigenvalue weighted by atomic mass is 10.0. The van der Waals surface area contributed by atoms with Gasteiger partial charge in [0.15, 0.2) is 17.3 Å². The predicted molar refractivity (Wildman–Crippen MR) is 139 cm³/mol. The van der Waals surface area contributed by atoms with Crippen LogP contribution < -0.4 is 10.1 Å². The molecule has 1 amide bonds. The molecule has 1 N–H and O–H groups in total. The Hall–Kier alpha value is -3.90. The second-order valence-electron chi connectivity index (χ2n) is 10.0. The quantitative estimate of drug-likeness (QED) is 0.403. The summed E-state index contributed by atoms with van der Waals surface area (Å²) >= 11 is 0. The third-order valence-electron chi connectivity index (χ3n) is 7.41. The molecule has 4 aromatic rings. The molecule has 0 radical (unpaired) electrons. The monoisotopic (exact) mass is 537 g/mol. The van der Waals surface area contributed by atoms with Gasteiger partial charge in [-0.3, -0.25) is 9.48 Å². The first kappa shape index (κ1) is 25.4. The third-order valence-corrected chi connectivity index (χ3v) is 7.41. The summed E-state index contributed by atoms with van der Waals surface area (Å²) in [4.78, 5) is 19.2. The minimum atomic E-state index is -1.14. The molecule has 39 heavy (non-hydrogen) atoms. The topological polar surface area (TPSA) is 98.8 Å². The van der Waals surface area contributed by atoms with Crippen LogP contribution in [0.1, 0.15) is 35.7 Å². The van der Waals surface area contributed by atoms with Gasteiger partial charge in [0.05, 0.1) is 37.2 Å². The van der Waals surface area contributed by atoms with Crippen LogP contribution in [0.15, 0.2) is 36.9 Å². The normalized spacial score (nSPS) is 18.6. The van der Waals surface area contributed by atoms with Crippen molar-refractivity contribution in [2.24, 2.45) is 0 Å². The fraction of sp³-hybridized carbons (Fsp3) is 0.407. The fourth-order valence-electron chi connectivity index (χ4n) is 5.13. The van der Waals surface area contributed by atoms with Gasteiger partial charge in [0.25, 0.3) is 5.91 Å². The van der Waals surface area contributed by atoms with Crippen molar-refractivity contribution in [2.45, 2.75) is 31.4 Å². The number of hydrogen-bond acceptors (Lipinski definition) is 7. The van der Waals surface area contributed by atoms with Gasteiger partial charge in [0, 0.05) is 48.1 Å². The van der Waals surface area contributed by atoms with Crippen molar-refractivity contribution in [1.82, 2.24) is 34.6 Å². The van der Waals surface area contributed by atoms with E-state index in [0.29, 0.717) is 37.1 Å². The van der Waals surface area contributed by atoms with E-state index in [1.807, 2.05) is 10.9 Å². The van der Waals surface area contributed by atoms with Gasteiger partial charge >= 0.3 is 0 Å². The maximum Gasteiger partial charge on any atom is 0.251 e. The van der Waals surface area contributed by atoms with Crippen molar-refractivity contribution in [1.29, 1.82) is 0 Å². The molecule has 0 bridgehead atoms. The second kappa shape index (κ2) is 10.3. The van der Waals surface area contributed by atoms with Crippen LogP contribution in [0.25, 0.3) is 27.9 Å². The Morgan fingerprint density at radius 3 is 2.64 bits per heavy atom. The van der Waals surface area contributed by atoms with Gasteiger partial charge in [-0.1, -0.05) is 0 Å². The summed E-state index contributed by atoms with van der Waals surface area (Å²) in [6.07, 6.45) is 9.47. The summed E-state index contributed by atoms with van der Waals surface area (Å²) in [7, 11) is 3.54. The Morgan fingerprint density at radius 1 is 1.08 bits per heavy atom. The zero-order valence-corrected chi connectivity index (χ0v) is 21.7. The molecule has 2 aliphatic heterocycles. The molecule has 1 aromatic carbocycles. The van der Waals surface area contributed by atoms with Crippen LogP contribution in [-0.2, 0) is 4.74 Å². The number of aromatic nitrogens is 5. The van der Waals surface area contributed by atoms with E-state index in [9.17, 15) is 13.6 Å². The summed E-state index contributed by atoms with van der Waals surface area (Å²) in [6.45, 7) is 3.04. The second-order valence-corrected chi connectivity index (χ2v) is 10.0. The largest absolute Gasteiger partial charge is 0.471 e. The lowest BCUT2D eigenvalue weighted by Crippen LogP contribution is -2.31. The molecule has 5 heterocycles. The molecule has 1 unspecified atom stereocenters. The summed E-state index contributed by atoms with van der Waals surface area (Å²) in [5.41, 5.74) is 1.86. The summed E-state index contributed by atoms with van der Waals surface area (Å²) < 4.78 is 44.7. The summed E-state index contributed by atoms with van der Waals surface area (Å²) in [5, 5.41) is 11.4. The van der Waals surface area contributed by atoms with E-state index in [2.05, 4.69) is 27.5 Å². The minimum Gasteiger partial charge on any atom is -0.471 e. The van der Waals surface area contributed by atoms with E-state index in [0.717, 1.165) is 37.6 Å². The number of rotatable bonds is 6. The lowest BCUT2D eigenvalue weighted by molar-refractivity contribution is 0.0962. The van der Waals surface area contributed by atoms with Crippen molar-refractivity contribution >= 4 is 11.6 Å². The maximum absolute atomic E-state index is 15.0. The molecule has 10 nitrogen and oxygen atoms in total. The number of nitrogens with one attached hydrogen (secondary N) is 1. The molecule has 6 rings (SSSR count). The van der Waals surface area contributed by atoms with Crippen molar-refractivity contribution in [3.63, 3.8) is 0 Å². The number of halogens is 2. The molecule has 0 spiro atoms. The smallest absolute Gasteiger partial charge is 0.251 e. The Kier molecular flexibility index (Phi) is 6.73. The number of hydrogen-bond donors (Lipinski definition) is 1. The Balaban J connectivity index is 1.44. The molecule has 2 aliphatic rings.